The van der Waals surface area contributed by atoms with Gasteiger partial charge in [0, 0.05) is 38.1 Å². The number of nitrogens with zero attached hydrogens (tertiary/aromatic N) is 2. The van der Waals surface area contributed by atoms with Gasteiger partial charge in [0.1, 0.15) is 0 Å². The fraction of sp³-hybridized carbons (Fsp3) is 0.938. The number of likely N-dealkylation sites (tertiary alicyclic amines) is 1. The maximum Gasteiger partial charge on any atom is 0.225 e. The van der Waals surface area contributed by atoms with Crippen LogP contribution < -0.4 is 5.73 Å². The highest BCUT2D eigenvalue weighted by Crippen LogP contribution is 2.30. The molecule has 3 aliphatic rings. The summed E-state index contributed by atoms with van der Waals surface area (Å²) in [5.74, 6) is 0.305. The number of nitrogens with two attached hydrogens (primary N) is 1. The molecule has 132 valence electrons. The lowest BCUT2D eigenvalue weighted by molar-refractivity contribution is -0.136. The molecule has 2 unspecified atom stereocenters. The summed E-state index contributed by atoms with van der Waals surface area (Å²) in [6.07, 6.45) is 7.36. The quantitative estimate of drug-likeness (QED) is 0.823. The van der Waals surface area contributed by atoms with Crippen LogP contribution in [0.3, 0.4) is 0 Å². The van der Waals surface area contributed by atoms with Crippen LogP contribution in [0.4, 0.5) is 0 Å². The minimum atomic E-state index is -3.35. The molecule has 0 aromatic rings. The molecule has 2 atom stereocenters. The summed E-state index contributed by atoms with van der Waals surface area (Å²) < 4.78 is 27.6. The van der Waals surface area contributed by atoms with Crippen molar-refractivity contribution in [1.82, 2.24) is 9.21 Å². The second-order valence-electron chi connectivity index (χ2n) is 7.22. The normalized spacial score (nSPS) is 30.9. The van der Waals surface area contributed by atoms with Gasteiger partial charge in [0.25, 0.3) is 0 Å². The highest BCUT2D eigenvalue weighted by Gasteiger charge is 2.41. The highest BCUT2D eigenvalue weighted by atomic mass is 32.2. The molecule has 2 aliphatic heterocycles. The van der Waals surface area contributed by atoms with Crippen LogP contribution in [0.1, 0.15) is 51.4 Å². The van der Waals surface area contributed by atoms with Gasteiger partial charge in [-0.1, -0.05) is 12.8 Å². The summed E-state index contributed by atoms with van der Waals surface area (Å²) in [5.41, 5.74) is 5.74. The minimum Gasteiger partial charge on any atom is -0.341 e. The first-order valence-corrected chi connectivity index (χ1v) is 10.5. The second-order valence-corrected chi connectivity index (χ2v) is 9.38. The molecule has 0 aromatic heterocycles. The largest absolute Gasteiger partial charge is 0.341 e. The molecule has 1 aliphatic carbocycles. The summed E-state index contributed by atoms with van der Waals surface area (Å²) in [6.45, 7) is 2.04. The van der Waals surface area contributed by atoms with E-state index in [2.05, 4.69) is 0 Å². The van der Waals surface area contributed by atoms with Gasteiger partial charge < -0.3 is 10.6 Å². The Kier molecular flexibility index (Phi) is 5.28. The molecular formula is C16H29N3O3S. The summed E-state index contributed by atoms with van der Waals surface area (Å²) in [7, 11) is -3.35. The molecule has 23 heavy (non-hydrogen) atoms. The fourth-order valence-corrected chi connectivity index (χ4v) is 6.59. The second kappa shape index (κ2) is 7.07. The van der Waals surface area contributed by atoms with E-state index in [1.54, 1.807) is 4.31 Å². The van der Waals surface area contributed by atoms with E-state index in [0.717, 1.165) is 44.9 Å². The van der Waals surface area contributed by atoms with E-state index in [1.807, 2.05) is 4.90 Å². The number of carbonyl (C=O) groups is 1. The third-order valence-corrected chi connectivity index (χ3v) is 8.10. The first-order valence-electron chi connectivity index (χ1n) is 9.03. The van der Waals surface area contributed by atoms with E-state index in [4.69, 9.17) is 5.73 Å². The van der Waals surface area contributed by atoms with Crippen LogP contribution in [0.15, 0.2) is 0 Å². The molecule has 0 radical (unpaired) electrons. The minimum absolute atomic E-state index is 0.0547. The van der Waals surface area contributed by atoms with Crippen molar-refractivity contribution in [3.8, 4) is 0 Å². The standard InChI is InChI=1S/C16H29N3O3S/c17-11-14-7-3-10-19(14)23(21,22)15-8-4-9-18(12-15)16(20)13-5-1-2-6-13/h13-15H,1-12,17H2. The lowest BCUT2D eigenvalue weighted by atomic mass is 10.0. The van der Waals surface area contributed by atoms with Gasteiger partial charge in [-0.05, 0) is 38.5 Å². The van der Waals surface area contributed by atoms with Gasteiger partial charge in [-0.15, -0.1) is 0 Å². The van der Waals surface area contributed by atoms with Gasteiger partial charge in [-0.2, -0.15) is 4.31 Å². The molecule has 1 amide bonds. The number of hydrogen-bond donors (Lipinski definition) is 1. The molecule has 2 N–H and O–H groups in total. The Hall–Kier alpha value is -0.660. The molecule has 0 aromatic carbocycles. The zero-order chi connectivity index (χ0) is 16.4. The van der Waals surface area contributed by atoms with Crippen molar-refractivity contribution in [2.45, 2.75) is 62.7 Å². The van der Waals surface area contributed by atoms with Crippen molar-refractivity contribution in [3.63, 3.8) is 0 Å². The maximum absolute atomic E-state index is 13.0. The molecule has 2 heterocycles. The Balaban J connectivity index is 1.68. The summed E-state index contributed by atoms with van der Waals surface area (Å²) in [5, 5.41) is -0.450. The molecule has 0 spiro atoms. The molecule has 6 nitrogen and oxygen atoms in total. The fourth-order valence-electron chi connectivity index (χ4n) is 4.38. The molecule has 3 rings (SSSR count). The third-order valence-electron chi connectivity index (χ3n) is 5.74. The molecule has 2 saturated heterocycles. The Morgan fingerprint density at radius 1 is 1.00 bits per heavy atom. The molecule has 7 heteroatoms. The lowest BCUT2D eigenvalue weighted by Crippen LogP contribution is -2.52. The zero-order valence-corrected chi connectivity index (χ0v) is 14.6. The number of sulfonamides is 1. The van der Waals surface area contributed by atoms with Crippen LogP contribution in [-0.4, -0.2) is 61.0 Å². The lowest BCUT2D eigenvalue weighted by Gasteiger charge is -2.36. The summed E-state index contributed by atoms with van der Waals surface area (Å²) in [6, 6.07) is -0.0547. The number of carbonyl (C=O) groups excluding carboxylic acids is 1. The summed E-state index contributed by atoms with van der Waals surface area (Å²) >= 11 is 0. The van der Waals surface area contributed by atoms with Crippen molar-refractivity contribution >= 4 is 15.9 Å². The van der Waals surface area contributed by atoms with Crippen LogP contribution >= 0.6 is 0 Å². The number of amides is 1. The molecule has 1 saturated carbocycles. The Morgan fingerprint density at radius 2 is 1.70 bits per heavy atom. The smallest absolute Gasteiger partial charge is 0.225 e. The van der Waals surface area contributed by atoms with Crippen molar-refractivity contribution in [3.05, 3.63) is 0 Å². The first-order chi connectivity index (χ1) is 11.0. The van der Waals surface area contributed by atoms with Crippen LogP contribution in [0.25, 0.3) is 0 Å². The monoisotopic (exact) mass is 343 g/mol. The van der Waals surface area contributed by atoms with Gasteiger partial charge in [0.15, 0.2) is 0 Å². The Morgan fingerprint density at radius 3 is 2.39 bits per heavy atom. The van der Waals surface area contributed by atoms with Gasteiger partial charge in [-0.25, -0.2) is 8.42 Å². The van der Waals surface area contributed by atoms with Crippen LogP contribution in [0, 0.1) is 5.92 Å². The van der Waals surface area contributed by atoms with Gasteiger partial charge >= 0.3 is 0 Å². The molecule has 0 bridgehead atoms. The van der Waals surface area contributed by atoms with E-state index >= 15 is 0 Å². The summed E-state index contributed by atoms with van der Waals surface area (Å²) in [4.78, 5) is 14.4. The van der Waals surface area contributed by atoms with Crippen molar-refractivity contribution < 1.29 is 13.2 Å². The number of rotatable bonds is 4. The maximum atomic E-state index is 13.0. The van der Waals surface area contributed by atoms with Gasteiger partial charge in [0.2, 0.25) is 15.9 Å². The zero-order valence-electron chi connectivity index (χ0n) is 13.8. The van der Waals surface area contributed by atoms with Crippen molar-refractivity contribution in [2.24, 2.45) is 11.7 Å². The van der Waals surface area contributed by atoms with Crippen LogP contribution in [-0.2, 0) is 14.8 Å². The number of piperidine rings is 1. The highest BCUT2D eigenvalue weighted by molar-refractivity contribution is 7.89. The third kappa shape index (κ3) is 3.42. The molecular weight excluding hydrogens is 314 g/mol. The Labute approximate surface area is 139 Å². The van der Waals surface area contributed by atoms with Crippen LogP contribution in [0.2, 0.25) is 0 Å². The number of hydrogen-bond acceptors (Lipinski definition) is 4. The Bertz CT molecular complexity index is 531. The predicted molar refractivity (Wildman–Crippen MR) is 89.3 cm³/mol. The first kappa shape index (κ1) is 17.2. The van der Waals surface area contributed by atoms with E-state index in [1.165, 1.54) is 0 Å². The van der Waals surface area contributed by atoms with E-state index in [-0.39, 0.29) is 17.9 Å². The SMILES string of the molecule is NCC1CCCN1S(=O)(=O)C1CCCN(C(=O)C2CCCC2)C1. The van der Waals surface area contributed by atoms with Gasteiger partial charge in [0.05, 0.1) is 5.25 Å². The molecule has 3 fully saturated rings. The van der Waals surface area contributed by atoms with Gasteiger partial charge in [-0.3, -0.25) is 4.79 Å². The average Bonchev–Trinajstić information content (AvgIpc) is 3.25. The van der Waals surface area contributed by atoms with E-state index in [9.17, 15) is 13.2 Å². The van der Waals surface area contributed by atoms with Crippen molar-refractivity contribution in [2.75, 3.05) is 26.2 Å². The van der Waals surface area contributed by atoms with Crippen molar-refractivity contribution in [1.29, 1.82) is 0 Å². The average molecular weight is 343 g/mol. The van der Waals surface area contributed by atoms with Crippen LogP contribution in [0.5, 0.6) is 0 Å². The van der Waals surface area contributed by atoms with E-state index < -0.39 is 15.3 Å². The predicted octanol–water partition coefficient (Wildman–Crippen LogP) is 0.920. The van der Waals surface area contributed by atoms with E-state index in [0.29, 0.717) is 32.6 Å². The topological polar surface area (TPSA) is 83.7 Å².